The van der Waals surface area contributed by atoms with Gasteiger partial charge in [0.15, 0.2) is 0 Å². The predicted molar refractivity (Wildman–Crippen MR) is 63.4 cm³/mol. The monoisotopic (exact) mass is 235 g/mol. The van der Waals surface area contributed by atoms with Gasteiger partial charge in [-0.1, -0.05) is 12.1 Å². The lowest BCUT2D eigenvalue weighted by atomic mass is 10.0. The number of rotatable bonds is 4. The Morgan fingerprint density at radius 3 is 2.76 bits per heavy atom. The summed E-state index contributed by atoms with van der Waals surface area (Å²) < 4.78 is 7.15. The van der Waals surface area contributed by atoms with Crippen molar-refractivity contribution < 1.29 is 4.52 Å². The number of hydrogen-bond donors (Lipinski definition) is 1. The van der Waals surface area contributed by atoms with Crippen LogP contribution >= 0.6 is 0 Å². The first-order chi connectivity index (χ1) is 8.13. The molecule has 0 aromatic carbocycles. The van der Waals surface area contributed by atoms with E-state index in [0.717, 1.165) is 5.69 Å². The van der Waals surface area contributed by atoms with E-state index in [4.69, 9.17) is 4.52 Å². The van der Waals surface area contributed by atoms with Gasteiger partial charge in [-0.2, -0.15) is 4.98 Å². The van der Waals surface area contributed by atoms with Crippen molar-refractivity contribution in [2.24, 2.45) is 7.05 Å². The summed E-state index contributed by atoms with van der Waals surface area (Å²) in [6.45, 7) is 4.14. The van der Waals surface area contributed by atoms with Crippen molar-refractivity contribution >= 4 is 0 Å². The van der Waals surface area contributed by atoms with Crippen LogP contribution in [0.4, 0.5) is 0 Å². The smallest absolute Gasteiger partial charge is 0.231 e. The fourth-order valence-electron chi connectivity index (χ4n) is 1.56. The lowest BCUT2D eigenvalue weighted by Gasteiger charge is -2.14. The number of likely N-dealkylation sites (N-methyl/N-ethyl adjacent to an activating group) is 1. The average Bonchev–Trinajstić information content (AvgIpc) is 2.95. The molecule has 0 saturated carbocycles. The van der Waals surface area contributed by atoms with Crippen molar-refractivity contribution in [1.29, 1.82) is 0 Å². The minimum Gasteiger partial charge on any atom is -0.339 e. The van der Waals surface area contributed by atoms with Crippen molar-refractivity contribution in [2.45, 2.75) is 25.8 Å². The fraction of sp³-hybridized carbons (Fsp3) is 0.545. The highest BCUT2D eigenvalue weighted by Crippen LogP contribution is 2.21. The number of imidazole rings is 1. The van der Waals surface area contributed by atoms with Crippen molar-refractivity contribution in [2.75, 3.05) is 7.05 Å². The number of aromatic nitrogens is 4. The van der Waals surface area contributed by atoms with Crippen LogP contribution < -0.4 is 5.32 Å². The Morgan fingerprint density at radius 1 is 1.41 bits per heavy atom. The first-order valence-corrected chi connectivity index (χ1v) is 5.61. The molecule has 0 amide bonds. The van der Waals surface area contributed by atoms with E-state index in [1.165, 1.54) is 0 Å². The van der Waals surface area contributed by atoms with Crippen LogP contribution in [0.15, 0.2) is 17.0 Å². The molecule has 6 nitrogen and oxygen atoms in total. The maximum Gasteiger partial charge on any atom is 0.231 e. The van der Waals surface area contributed by atoms with Crippen LogP contribution in [0.5, 0.6) is 0 Å². The third-order valence-corrected chi connectivity index (χ3v) is 3.08. The van der Waals surface area contributed by atoms with Crippen LogP contribution in [0, 0.1) is 0 Å². The molecule has 0 aliphatic heterocycles. The Labute approximate surface area is 100 Å². The predicted octanol–water partition coefficient (Wildman–Crippen LogP) is 1.18. The second-order valence-electron chi connectivity index (χ2n) is 4.21. The molecule has 6 heteroatoms. The first-order valence-electron chi connectivity index (χ1n) is 5.61. The van der Waals surface area contributed by atoms with Crippen LogP contribution in [0.3, 0.4) is 0 Å². The first kappa shape index (κ1) is 11.8. The summed E-state index contributed by atoms with van der Waals surface area (Å²) in [5.41, 5.74) is 0.851. The zero-order chi connectivity index (χ0) is 12.4. The van der Waals surface area contributed by atoms with Gasteiger partial charge in [0.1, 0.15) is 5.69 Å². The molecular formula is C11H17N5O. The van der Waals surface area contributed by atoms with Gasteiger partial charge < -0.3 is 14.4 Å². The van der Waals surface area contributed by atoms with E-state index in [9.17, 15) is 0 Å². The van der Waals surface area contributed by atoms with Crippen molar-refractivity contribution in [3.05, 3.63) is 18.4 Å². The van der Waals surface area contributed by atoms with E-state index in [1.54, 1.807) is 12.5 Å². The normalized spacial score (nSPS) is 14.8. The molecule has 92 valence electrons. The van der Waals surface area contributed by atoms with Crippen molar-refractivity contribution in [3.63, 3.8) is 0 Å². The summed E-state index contributed by atoms with van der Waals surface area (Å²) in [6.07, 6.45) is 3.44. The molecular weight excluding hydrogens is 218 g/mol. The molecule has 0 radical (unpaired) electrons. The quantitative estimate of drug-likeness (QED) is 0.861. The lowest BCUT2D eigenvalue weighted by molar-refractivity contribution is 0.336. The second kappa shape index (κ2) is 4.67. The molecule has 0 saturated heterocycles. The molecule has 0 aliphatic rings. The molecule has 2 heterocycles. The van der Waals surface area contributed by atoms with Gasteiger partial charge in [0.2, 0.25) is 11.7 Å². The van der Waals surface area contributed by atoms with Gasteiger partial charge in [-0.05, 0) is 14.0 Å². The lowest BCUT2D eigenvalue weighted by Crippen LogP contribution is -2.27. The van der Waals surface area contributed by atoms with Crippen LogP contribution in [0.2, 0.25) is 0 Å². The third-order valence-electron chi connectivity index (χ3n) is 3.08. The molecule has 2 unspecified atom stereocenters. The van der Waals surface area contributed by atoms with Crippen LogP contribution in [0.1, 0.15) is 25.7 Å². The number of nitrogens with zero attached hydrogens (tertiary/aromatic N) is 4. The minimum atomic E-state index is 0.175. The van der Waals surface area contributed by atoms with Crippen LogP contribution in [0.25, 0.3) is 11.5 Å². The van der Waals surface area contributed by atoms with Crippen LogP contribution in [-0.2, 0) is 7.05 Å². The average molecular weight is 235 g/mol. The zero-order valence-corrected chi connectivity index (χ0v) is 10.5. The molecule has 2 aromatic rings. The molecule has 0 fully saturated rings. The topological polar surface area (TPSA) is 68.8 Å². The largest absolute Gasteiger partial charge is 0.339 e. The summed E-state index contributed by atoms with van der Waals surface area (Å²) >= 11 is 0. The Morgan fingerprint density at radius 2 is 2.18 bits per heavy atom. The van der Waals surface area contributed by atoms with Gasteiger partial charge in [0.25, 0.3) is 0 Å². The van der Waals surface area contributed by atoms with Crippen molar-refractivity contribution in [1.82, 2.24) is 25.0 Å². The minimum absolute atomic E-state index is 0.175. The van der Waals surface area contributed by atoms with Gasteiger partial charge in [0.05, 0.1) is 18.4 Å². The van der Waals surface area contributed by atoms with Gasteiger partial charge in [0, 0.05) is 13.1 Å². The molecule has 2 atom stereocenters. The SMILES string of the molecule is CNC(C)C(C)c1nc(-c2cncn2C)no1. The summed E-state index contributed by atoms with van der Waals surface area (Å²) in [7, 11) is 3.82. The van der Waals surface area contributed by atoms with Crippen molar-refractivity contribution in [3.8, 4) is 11.5 Å². The maximum atomic E-state index is 5.29. The van der Waals surface area contributed by atoms with Gasteiger partial charge in [-0.15, -0.1) is 0 Å². The van der Waals surface area contributed by atoms with E-state index in [2.05, 4.69) is 34.3 Å². The molecule has 0 spiro atoms. The highest BCUT2D eigenvalue weighted by atomic mass is 16.5. The van der Waals surface area contributed by atoms with Crippen LogP contribution in [-0.4, -0.2) is 32.8 Å². The molecule has 2 aromatic heterocycles. The van der Waals surface area contributed by atoms with E-state index in [-0.39, 0.29) is 12.0 Å². The molecule has 17 heavy (non-hydrogen) atoms. The Hall–Kier alpha value is -1.69. The number of nitrogens with one attached hydrogen (secondary N) is 1. The Bertz CT molecular complexity index is 490. The molecule has 2 rings (SSSR count). The standard InChI is InChI=1S/C11H17N5O/c1-7(8(2)12-3)11-14-10(15-17-11)9-5-13-6-16(9)4/h5-8,12H,1-4H3. The highest BCUT2D eigenvalue weighted by Gasteiger charge is 2.20. The van der Waals surface area contributed by atoms with E-state index >= 15 is 0 Å². The third kappa shape index (κ3) is 2.21. The Kier molecular flexibility index (Phi) is 3.23. The summed E-state index contributed by atoms with van der Waals surface area (Å²) in [5, 5.41) is 7.16. The van der Waals surface area contributed by atoms with E-state index in [1.807, 2.05) is 18.7 Å². The van der Waals surface area contributed by atoms with Gasteiger partial charge >= 0.3 is 0 Å². The second-order valence-corrected chi connectivity index (χ2v) is 4.21. The molecule has 0 aliphatic carbocycles. The summed E-state index contributed by atoms with van der Waals surface area (Å²) in [5.74, 6) is 1.40. The van der Waals surface area contributed by atoms with Gasteiger partial charge in [-0.25, -0.2) is 4.98 Å². The Balaban J connectivity index is 2.25. The molecule has 0 bridgehead atoms. The zero-order valence-electron chi connectivity index (χ0n) is 10.5. The summed E-state index contributed by atoms with van der Waals surface area (Å²) in [6, 6.07) is 0.287. The van der Waals surface area contributed by atoms with E-state index < -0.39 is 0 Å². The summed E-state index contributed by atoms with van der Waals surface area (Å²) in [4.78, 5) is 8.44. The fourth-order valence-corrected chi connectivity index (χ4v) is 1.56. The van der Waals surface area contributed by atoms with Gasteiger partial charge in [-0.3, -0.25) is 0 Å². The van der Waals surface area contributed by atoms with E-state index in [0.29, 0.717) is 11.7 Å². The maximum absolute atomic E-state index is 5.29. The molecule has 1 N–H and O–H groups in total. The highest BCUT2D eigenvalue weighted by molar-refractivity contribution is 5.47. The number of hydrogen-bond acceptors (Lipinski definition) is 5. The number of aryl methyl sites for hydroxylation is 1.